The molecule has 2 rings (SSSR count). The number of rotatable bonds is 5. The Morgan fingerprint density at radius 1 is 1.29 bits per heavy atom. The molecule has 92 valence electrons. The molecule has 0 saturated carbocycles. The van der Waals surface area contributed by atoms with Gasteiger partial charge >= 0.3 is 0 Å². The molecule has 0 aliphatic rings. The summed E-state index contributed by atoms with van der Waals surface area (Å²) in [7, 11) is 0. The van der Waals surface area contributed by atoms with E-state index in [0.29, 0.717) is 29.9 Å². The van der Waals surface area contributed by atoms with Gasteiger partial charge in [0, 0.05) is 13.1 Å². The smallest absolute Gasteiger partial charge is 0.295 e. The fourth-order valence-electron chi connectivity index (χ4n) is 1.55. The van der Waals surface area contributed by atoms with Gasteiger partial charge in [-0.1, -0.05) is 0 Å². The van der Waals surface area contributed by atoms with Crippen molar-refractivity contribution in [2.75, 3.05) is 18.0 Å². The molecule has 2 aromatic heterocycles. The van der Waals surface area contributed by atoms with Crippen LogP contribution in [-0.4, -0.2) is 23.2 Å². The summed E-state index contributed by atoms with van der Waals surface area (Å²) in [5.74, 6) is 2.21. The third kappa shape index (κ3) is 2.31. The molecule has 0 amide bonds. The Hall–Kier alpha value is -1.82. The van der Waals surface area contributed by atoms with Gasteiger partial charge in [-0.3, -0.25) is 0 Å². The van der Waals surface area contributed by atoms with Crippen LogP contribution in [0.3, 0.4) is 0 Å². The number of nitrogens with zero attached hydrogens (tertiary/aromatic N) is 3. The summed E-state index contributed by atoms with van der Waals surface area (Å²) in [5.41, 5.74) is 5.47. The highest BCUT2D eigenvalue weighted by molar-refractivity contribution is 5.47. The van der Waals surface area contributed by atoms with Crippen LogP contribution in [0.1, 0.15) is 19.6 Å². The van der Waals surface area contributed by atoms with Gasteiger partial charge in [0.15, 0.2) is 5.76 Å². The van der Waals surface area contributed by atoms with Crippen LogP contribution in [-0.2, 0) is 6.54 Å². The summed E-state index contributed by atoms with van der Waals surface area (Å²) < 4.78 is 10.6. The van der Waals surface area contributed by atoms with Crippen molar-refractivity contribution in [1.82, 2.24) is 10.1 Å². The van der Waals surface area contributed by atoms with E-state index in [1.807, 2.05) is 18.7 Å². The van der Waals surface area contributed by atoms with Crippen LogP contribution < -0.4 is 10.6 Å². The lowest BCUT2D eigenvalue weighted by molar-refractivity contribution is 0.410. The summed E-state index contributed by atoms with van der Waals surface area (Å²) in [4.78, 5) is 6.28. The highest BCUT2D eigenvalue weighted by Gasteiger charge is 2.15. The lowest BCUT2D eigenvalue weighted by Gasteiger charge is -2.14. The van der Waals surface area contributed by atoms with Gasteiger partial charge in [-0.25, -0.2) is 0 Å². The zero-order valence-corrected chi connectivity index (χ0v) is 10.0. The highest BCUT2D eigenvalue weighted by atomic mass is 16.5. The highest BCUT2D eigenvalue weighted by Crippen LogP contribution is 2.22. The van der Waals surface area contributed by atoms with Crippen molar-refractivity contribution in [1.29, 1.82) is 0 Å². The number of nitrogens with two attached hydrogens (primary N) is 1. The molecule has 6 heteroatoms. The molecule has 17 heavy (non-hydrogen) atoms. The Labute approximate surface area is 99.4 Å². The van der Waals surface area contributed by atoms with Gasteiger partial charge in [-0.15, -0.1) is 0 Å². The minimum Gasteiger partial charge on any atom is -0.455 e. The van der Waals surface area contributed by atoms with Crippen molar-refractivity contribution < 1.29 is 8.94 Å². The minimum atomic E-state index is 0.358. The average Bonchev–Trinajstić information content (AvgIpc) is 2.98. The van der Waals surface area contributed by atoms with Crippen LogP contribution >= 0.6 is 0 Å². The van der Waals surface area contributed by atoms with Crippen LogP contribution in [0.15, 0.2) is 21.1 Å². The van der Waals surface area contributed by atoms with Gasteiger partial charge in [-0.05, 0) is 31.1 Å². The molecule has 0 bridgehead atoms. The van der Waals surface area contributed by atoms with E-state index < -0.39 is 0 Å². The molecule has 2 N–H and O–H groups in total. The predicted octanol–water partition coefficient (Wildman–Crippen LogP) is 1.63. The summed E-state index contributed by atoms with van der Waals surface area (Å²) in [6.45, 7) is 6.11. The van der Waals surface area contributed by atoms with E-state index in [9.17, 15) is 0 Å². The summed E-state index contributed by atoms with van der Waals surface area (Å²) in [6.07, 6.45) is 0. The van der Waals surface area contributed by atoms with Crippen molar-refractivity contribution in [3.63, 3.8) is 0 Å². The molecule has 0 fully saturated rings. The quantitative estimate of drug-likeness (QED) is 0.849. The lowest BCUT2D eigenvalue weighted by Crippen LogP contribution is -2.22. The zero-order valence-electron chi connectivity index (χ0n) is 10.0. The standard InChI is InChI=1S/C11H16N4O2/c1-3-15(4-2)11-13-10(17-14-11)9-6-5-8(7-12)16-9/h5-6H,3-4,7,12H2,1-2H3. The summed E-state index contributed by atoms with van der Waals surface area (Å²) >= 11 is 0. The van der Waals surface area contributed by atoms with Crippen molar-refractivity contribution in [3.05, 3.63) is 17.9 Å². The van der Waals surface area contributed by atoms with E-state index in [1.165, 1.54) is 0 Å². The Morgan fingerprint density at radius 3 is 2.65 bits per heavy atom. The first-order valence-corrected chi connectivity index (χ1v) is 5.66. The topological polar surface area (TPSA) is 81.3 Å². The monoisotopic (exact) mass is 236 g/mol. The van der Waals surface area contributed by atoms with E-state index in [0.717, 1.165) is 13.1 Å². The maximum atomic E-state index is 5.47. The van der Waals surface area contributed by atoms with Gasteiger partial charge in [0.05, 0.1) is 6.54 Å². The third-order valence-electron chi connectivity index (χ3n) is 2.54. The van der Waals surface area contributed by atoms with Crippen molar-refractivity contribution >= 4 is 5.95 Å². The Balaban J connectivity index is 2.22. The van der Waals surface area contributed by atoms with E-state index >= 15 is 0 Å². The number of aromatic nitrogens is 2. The number of anilines is 1. The second-order valence-electron chi connectivity index (χ2n) is 3.54. The van der Waals surface area contributed by atoms with E-state index in [4.69, 9.17) is 14.7 Å². The molecule has 2 aromatic rings. The fourth-order valence-corrected chi connectivity index (χ4v) is 1.55. The Bertz CT molecular complexity index is 473. The van der Waals surface area contributed by atoms with Crippen LogP contribution in [0.5, 0.6) is 0 Å². The molecule has 6 nitrogen and oxygen atoms in total. The molecule has 2 heterocycles. The normalized spacial score (nSPS) is 10.8. The van der Waals surface area contributed by atoms with Crippen molar-refractivity contribution in [3.8, 4) is 11.7 Å². The van der Waals surface area contributed by atoms with Gasteiger partial charge in [-0.2, -0.15) is 4.98 Å². The molecule has 0 unspecified atom stereocenters. The molecule has 0 aliphatic heterocycles. The molecule has 0 aromatic carbocycles. The van der Waals surface area contributed by atoms with Gasteiger partial charge in [0.2, 0.25) is 0 Å². The van der Waals surface area contributed by atoms with Crippen molar-refractivity contribution in [2.24, 2.45) is 5.73 Å². The molecule has 0 radical (unpaired) electrons. The molecular weight excluding hydrogens is 220 g/mol. The Morgan fingerprint density at radius 2 is 2.06 bits per heavy atom. The van der Waals surface area contributed by atoms with E-state index in [2.05, 4.69) is 10.1 Å². The fraction of sp³-hybridized carbons (Fsp3) is 0.455. The first-order chi connectivity index (χ1) is 8.28. The van der Waals surface area contributed by atoms with Crippen LogP contribution in [0.4, 0.5) is 5.95 Å². The third-order valence-corrected chi connectivity index (χ3v) is 2.54. The second-order valence-corrected chi connectivity index (χ2v) is 3.54. The van der Waals surface area contributed by atoms with E-state index in [1.54, 1.807) is 12.1 Å². The van der Waals surface area contributed by atoms with Gasteiger partial charge < -0.3 is 19.6 Å². The largest absolute Gasteiger partial charge is 0.455 e. The number of furan rings is 1. The molecule has 0 spiro atoms. The molecule has 0 aliphatic carbocycles. The minimum absolute atomic E-state index is 0.358. The molecule has 0 atom stereocenters. The van der Waals surface area contributed by atoms with Gasteiger partial charge in [0.25, 0.3) is 11.8 Å². The average molecular weight is 236 g/mol. The summed E-state index contributed by atoms with van der Waals surface area (Å²) in [5, 5.41) is 3.92. The maximum Gasteiger partial charge on any atom is 0.295 e. The first-order valence-electron chi connectivity index (χ1n) is 5.66. The SMILES string of the molecule is CCN(CC)c1noc(-c2ccc(CN)o2)n1. The maximum absolute atomic E-state index is 5.47. The van der Waals surface area contributed by atoms with Crippen LogP contribution in [0.2, 0.25) is 0 Å². The number of hydrogen-bond acceptors (Lipinski definition) is 6. The second kappa shape index (κ2) is 5.01. The van der Waals surface area contributed by atoms with Gasteiger partial charge in [0.1, 0.15) is 5.76 Å². The van der Waals surface area contributed by atoms with E-state index in [-0.39, 0.29) is 0 Å². The number of hydrogen-bond donors (Lipinski definition) is 1. The predicted molar refractivity (Wildman–Crippen MR) is 63.5 cm³/mol. The molecule has 0 saturated heterocycles. The molecular formula is C11H16N4O2. The summed E-state index contributed by atoms with van der Waals surface area (Å²) in [6, 6.07) is 3.58. The first kappa shape index (κ1) is 11.7. The van der Waals surface area contributed by atoms with Crippen LogP contribution in [0, 0.1) is 0 Å². The van der Waals surface area contributed by atoms with Crippen molar-refractivity contribution in [2.45, 2.75) is 20.4 Å². The van der Waals surface area contributed by atoms with Crippen LogP contribution in [0.25, 0.3) is 11.7 Å². The Kier molecular flexibility index (Phi) is 3.43. The lowest BCUT2D eigenvalue weighted by atomic mass is 10.4. The zero-order chi connectivity index (χ0) is 12.3.